The number of nitrogens with zero attached hydrogens (tertiary/aromatic N) is 3. The van der Waals surface area contributed by atoms with Gasteiger partial charge in [0.15, 0.2) is 5.82 Å². The van der Waals surface area contributed by atoms with Crippen molar-refractivity contribution in [1.29, 1.82) is 0 Å². The van der Waals surface area contributed by atoms with Gasteiger partial charge in [-0.1, -0.05) is 17.7 Å². The van der Waals surface area contributed by atoms with E-state index in [1.807, 2.05) is 6.08 Å². The van der Waals surface area contributed by atoms with Crippen LogP contribution in [0.3, 0.4) is 0 Å². The molecule has 0 saturated heterocycles. The third kappa shape index (κ3) is 4.76. The van der Waals surface area contributed by atoms with E-state index in [0.29, 0.717) is 29.4 Å². The smallest absolute Gasteiger partial charge is 0.303 e. The summed E-state index contributed by atoms with van der Waals surface area (Å²) in [7, 11) is 0. The molecule has 1 aliphatic rings. The number of carboxylic acids is 1. The molecule has 0 amide bonds. The number of aliphatic carboxylic acids is 1. The van der Waals surface area contributed by atoms with E-state index in [0.717, 1.165) is 18.2 Å². The van der Waals surface area contributed by atoms with Gasteiger partial charge in [0, 0.05) is 12.6 Å². The normalized spacial score (nSPS) is 16.8. The maximum absolute atomic E-state index is 13.9. The van der Waals surface area contributed by atoms with Crippen molar-refractivity contribution in [2.75, 3.05) is 0 Å². The van der Waals surface area contributed by atoms with Crippen LogP contribution < -0.4 is 4.74 Å². The number of carboxylic acid groups (broad SMARTS) is 1. The van der Waals surface area contributed by atoms with Crippen molar-refractivity contribution in [2.45, 2.75) is 32.3 Å². The Bertz CT molecular complexity index is 827. The number of pyridine rings is 1. The molecule has 26 heavy (non-hydrogen) atoms. The van der Waals surface area contributed by atoms with Gasteiger partial charge in [0.05, 0.1) is 16.9 Å². The average Bonchev–Trinajstić information content (AvgIpc) is 2.63. The van der Waals surface area contributed by atoms with E-state index in [4.69, 9.17) is 21.4 Å². The lowest BCUT2D eigenvalue weighted by molar-refractivity contribution is -0.138. The van der Waals surface area contributed by atoms with E-state index < -0.39 is 11.8 Å². The third-order valence-corrected chi connectivity index (χ3v) is 4.35. The molecule has 2 aromatic heterocycles. The van der Waals surface area contributed by atoms with Crippen LogP contribution >= 0.6 is 11.6 Å². The number of aromatic nitrogens is 3. The first-order valence-electron chi connectivity index (χ1n) is 8.18. The van der Waals surface area contributed by atoms with Crippen molar-refractivity contribution >= 4 is 23.1 Å². The van der Waals surface area contributed by atoms with Gasteiger partial charge in [-0.15, -0.1) is 0 Å². The highest BCUT2D eigenvalue weighted by atomic mass is 35.5. The molecule has 1 N–H and O–H groups in total. The van der Waals surface area contributed by atoms with Gasteiger partial charge >= 0.3 is 5.97 Å². The van der Waals surface area contributed by atoms with Crippen LogP contribution in [0.2, 0.25) is 5.02 Å². The van der Waals surface area contributed by atoms with Crippen molar-refractivity contribution in [1.82, 2.24) is 15.0 Å². The minimum atomic E-state index is -0.795. The van der Waals surface area contributed by atoms with Crippen LogP contribution in [-0.4, -0.2) is 26.0 Å². The highest BCUT2D eigenvalue weighted by molar-refractivity contribution is 6.30. The molecule has 3 rings (SSSR count). The van der Waals surface area contributed by atoms with Gasteiger partial charge in [0.2, 0.25) is 5.82 Å². The highest BCUT2D eigenvalue weighted by Crippen LogP contribution is 2.31. The van der Waals surface area contributed by atoms with Gasteiger partial charge in [0.1, 0.15) is 6.61 Å². The van der Waals surface area contributed by atoms with Crippen LogP contribution in [0.15, 0.2) is 30.6 Å². The van der Waals surface area contributed by atoms with Crippen LogP contribution in [0, 0.1) is 11.7 Å². The predicted octanol–water partition coefficient (Wildman–Crippen LogP) is 3.90. The summed E-state index contributed by atoms with van der Waals surface area (Å²) in [6.45, 7) is 0.0598. The van der Waals surface area contributed by atoms with Crippen LogP contribution in [0.4, 0.5) is 4.39 Å². The number of hydrogen-bond acceptors (Lipinski definition) is 5. The largest absolute Gasteiger partial charge is 0.481 e. The zero-order chi connectivity index (χ0) is 18.5. The van der Waals surface area contributed by atoms with Gasteiger partial charge in [-0.2, -0.15) is 9.37 Å². The lowest BCUT2D eigenvalue weighted by Crippen LogP contribution is -2.12. The molecule has 0 fully saturated rings. The molecular weight excluding hydrogens is 361 g/mol. The summed E-state index contributed by atoms with van der Waals surface area (Å²) in [5.41, 5.74) is 1.48. The summed E-state index contributed by atoms with van der Waals surface area (Å²) < 4.78 is 19.4. The molecule has 6 nitrogen and oxygen atoms in total. The summed E-state index contributed by atoms with van der Waals surface area (Å²) >= 11 is 5.78. The minimum absolute atomic E-state index is 0.0598. The van der Waals surface area contributed by atoms with Gasteiger partial charge in [-0.25, -0.2) is 4.98 Å². The maximum atomic E-state index is 13.9. The first-order chi connectivity index (χ1) is 12.5. The van der Waals surface area contributed by atoms with Crippen LogP contribution in [-0.2, 0) is 11.4 Å². The Balaban J connectivity index is 1.68. The number of ether oxygens (including phenoxy) is 1. The van der Waals surface area contributed by atoms with Gasteiger partial charge < -0.3 is 9.84 Å². The summed E-state index contributed by atoms with van der Waals surface area (Å²) in [4.78, 5) is 23.1. The Labute approximate surface area is 154 Å². The molecule has 0 radical (unpaired) electrons. The van der Waals surface area contributed by atoms with E-state index in [1.165, 1.54) is 6.20 Å². The van der Waals surface area contributed by atoms with Crippen molar-refractivity contribution in [3.05, 3.63) is 53.0 Å². The van der Waals surface area contributed by atoms with Crippen LogP contribution in [0.25, 0.3) is 5.57 Å². The Morgan fingerprint density at radius 2 is 2.19 bits per heavy atom. The number of carbonyl (C=O) groups is 1. The summed E-state index contributed by atoms with van der Waals surface area (Å²) in [5.74, 6) is -1.07. The molecular formula is C18H17ClFN3O3. The summed E-state index contributed by atoms with van der Waals surface area (Å²) in [6, 6.07) is 3.37. The van der Waals surface area contributed by atoms with Crippen LogP contribution in [0.5, 0.6) is 5.88 Å². The number of allylic oxidation sites excluding steroid dienone is 2. The molecule has 1 atom stereocenters. The quantitative estimate of drug-likeness (QED) is 0.821. The Kier molecular flexibility index (Phi) is 5.78. The molecule has 1 unspecified atom stereocenters. The molecule has 1 aliphatic carbocycles. The van der Waals surface area contributed by atoms with Crippen LogP contribution in [0.1, 0.15) is 37.2 Å². The Morgan fingerprint density at radius 3 is 2.85 bits per heavy atom. The first kappa shape index (κ1) is 18.3. The topological polar surface area (TPSA) is 85.2 Å². The fourth-order valence-corrected chi connectivity index (χ4v) is 2.88. The van der Waals surface area contributed by atoms with Crippen molar-refractivity contribution in [3.63, 3.8) is 0 Å². The highest BCUT2D eigenvalue weighted by Gasteiger charge is 2.20. The molecule has 0 saturated carbocycles. The predicted molar refractivity (Wildman–Crippen MR) is 93.1 cm³/mol. The second kappa shape index (κ2) is 8.23. The first-order valence-corrected chi connectivity index (χ1v) is 8.56. The molecule has 2 aromatic rings. The average molecular weight is 378 g/mol. The van der Waals surface area contributed by atoms with E-state index in [1.54, 1.807) is 12.1 Å². The lowest BCUT2D eigenvalue weighted by Gasteiger charge is -2.19. The third-order valence-electron chi connectivity index (χ3n) is 4.13. The Morgan fingerprint density at radius 1 is 1.35 bits per heavy atom. The minimum Gasteiger partial charge on any atom is -0.481 e. The van der Waals surface area contributed by atoms with E-state index in [9.17, 15) is 9.18 Å². The lowest BCUT2D eigenvalue weighted by atomic mass is 9.87. The number of hydrogen-bond donors (Lipinski definition) is 1. The zero-order valence-corrected chi connectivity index (χ0v) is 14.6. The van der Waals surface area contributed by atoms with Gasteiger partial charge in [-0.05, 0) is 42.9 Å². The number of halogens is 2. The van der Waals surface area contributed by atoms with Crippen molar-refractivity contribution in [2.24, 2.45) is 5.92 Å². The fourth-order valence-electron chi connectivity index (χ4n) is 2.77. The SMILES string of the molecule is O=C(O)CC1CC=C(c2ncc(F)c(OCc3ccc(Cl)cn3)n2)CC1. The summed E-state index contributed by atoms with van der Waals surface area (Å²) in [6.07, 6.45) is 6.68. The fraction of sp³-hybridized carbons (Fsp3) is 0.333. The Hall–Kier alpha value is -2.54. The summed E-state index contributed by atoms with van der Waals surface area (Å²) in [5, 5.41) is 9.38. The second-order valence-corrected chi connectivity index (χ2v) is 6.51. The standard InChI is InChI=1S/C18H17ClFN3O3/c19-13-5-6-14(21-8-13)10-26-18-15(20)9-22-17(23-18)12-3-1-11(2-4-12)7-16(24)25/h3,5-6,8-9,11H,1-2,4,7,10H2,(H,24,25). The molecule has 0 spiro atoms. The molecule has 136 valence electrons. The molecule has 0 bridgehead atoms. The van der Waals surface area contributed by atoms with E-state index in [2.05, 4.69) is 15.0 Å². The molecule has 2 heterocycles. The van der Waals surface area contributed by atoms with Gasteiger partial charge in [0.25, 0.3) is 5.88 Å². The molecule has 0 aliphatic heterocycles. The van der Waals surface area contributed by atoms with Gasteiger partial charge in [-0.3, -0.25) is 9.78 Å². The second-order valence-electron chi connectivity index (χ2n) is 6.07. The van der Waals surface area contributed by atoms with E-state index >= 15 is 0 Å². The van der Waals surface area contributed by atoms with Crippen molar-refractivity contribution in [3.8, 4) is 5.88 Å². The van der Waals surface area contributed by atoms with E-state index in [-0.39, 0.29) is 24.8 Å². The van der Waals surface area contributed by atoms with Crippen molar-refractivity contribution < 1.29 is 19.0 Å². The molecule has 0 aromatic carbocycles. The maximum Gasteiger partial charge on any atom is 0.303 e. The number of rotatable bonds is 6. The molecule has 8 heteroatoms. The zero-order valence-electron chi connectivity index (χ0n) is 13.9. The monoisotopic (exact) mass is 377 g/mol.